The molecule has 0 amide bonds. The largest absolute Gasteiger partial charge is 0.464 e. The number of piperidine rings is 1. The van der Waals surface area contributed by atoms with Crippen molar-refractivity contribution in [2.24, 2.45) is 11.3 Å². The third-order valence-corrected chi connectivity index (χ3v) is 4.63. The molecule has 2 aliphatic rings. The summed E-state index contributed by atoms with van der Waals surface area (Å²) in [7, 11) is 0. The summed E-state index contributed by atoms with van der Waals surface area (Å²) in [4.78, 5) is 13.9. The van der Waals surface area contributed by atoms with E-state index in [0.717, 1.165) is 31.8 Å². The number of hydrogen-bond acceptors (Lipinski definition) is 4. The van der Waals surface area contributed by atoms with Crippen LogP contribution >= 0.6 is 0 Å². The lowest BCUT2D eigenvalue weighted by Gasteiger charge is -2.34. The number of esters is 1. The molecule has 2 rings (SSSR count). The maximum absolute atomic E-state index is 11.3. The minimum absolute atomic E-state index is 0.107. The van der Waals surface area contributed by atoms with Crippen molar-refractivity contribution in [1.82, 2.24) is 4.90 Å². The van der Waals surface area contributed by atoms with Gasteiger partial charge in [0, 0.05) is 19.6 Å². The molecular formula is C17H31NO3. The Hall–Kier alpha value is -0.610. The van der Waals surface area contributed by atoms with Crippen LogP contribution in [0.15, 0.2) is 0 Å². The fourth-order valence-corrected chi connectivity index (χ4v) is 3.57. The van der Waals surface area contributed by atoms with Crippen LogP contribution in [0.4, 0.5) is 0 Å². The van der Waals surface area contributed by atoms with E-state index in [-0.39, 0.29) is 18.7 Å². The van der Waals surface area contributed by atoms with E-state index in [0.29, 0.717) is 12.0 Å². The molecule has 0 bridgehead atoms. The zero-order valence-electron chi connectivity index (χ0n) is 13.9. The van der Waals surface area contributed by atoms with E-state index in [1.807, 2.05) is 6.92 Å². The second kappa shape index (κ2) is 7.59. The van der Waals surface area contributed by atoms with E-state index >= 15 is 0 Å². The number of nitrogens with zero attached hydrogens (tertiary/aromatic N) is 1. The van der Waals surface area contributed by atoms with Gasteiger partial charge < -0.3 is 14.4 Å². The fraction of sp³-hybridized carbons (Fsp3) is 0.941. The Bertz CT molecular complexity index is 331. The van der Waals surface area contributed by atoms with Crippen LogP contribution in [0.1, 0.15) is 52.9 Å². The summed E-state index contributed by atoms with van der Waals surface area (Å²) in [5.41, 5.74) is 0.618. The SMILES string of the molecule is CCOC(=O)COC1CCN(CC2(CC(C)C)CC2)CC1. The summed E-state index contributed by atoms with van der Waals surface area (Å²) in [5, 5.41) is 0. The van der Waals surface area contributed by atoms with Gasteiger partial charge in [-0.15, -0.1) is 0 Å². The van der Waals surface area contributed by atoms with Gasteiger partial charge in [-0.25, -0.2) is 4.79 Å². The molecule has 0 unspecified atom stereocenters. The molecule has 4 nitrogen and oxygen atoms in total. The molecule has 2 fully saturated rings. The first kappa shape index (κ1) is 16.8. The summed E-state index contributed by atoms with van der Waals surface area (Å²) in [6, 6.07) is 0. The summed E-state index contributed by atoms with van der Waals surface area (Å²) in [6.07, 6.45) is 6.49. The third kappa shape index (κ3) is 5.59. The Balaban J connectivity index is 1.63. The zero-order chi connectivity index (χ0) is 15.3. The lowest BCUT2D eigenvalue weighted by atomic mass is 9.93. The minimum atomic E-state index is -0.242. The Morgan fingerprint density at radius 3 is 2.48 bits per heavy atom. The highest BCUT2D eigenvalue weighted by molar-refractivity contribution is 5.70. The van der Waals surface area contributed by atoms with Crippen molar-refractivity contribution >= 4 is 5.97 Å². The molecule has 1 saturated heterocycles. The Morgan fingerprint density at radius 1 is 1.29 bits per heavy atom. The molecular weight excluding hydrogens is 266 g/mol. The highest BCUT2D eigenvalue weighted by Gasteiger charge is 2.44. The molecule has 0 aromatic heterocycles. The average molecular weight is 297 g/mol. The summed E-state index contributed by atoms with van der Waals surface area (Å²) in [5.74, 6) is 0.562. The lowest BCUT2D eigenvalue weighted by Crippen LogP contribution is -2.40. The van der Waals surface area contributed by atoms with Gasteiger partial charge in [0.2, 0.25) is 0 Å². The molecule has 0 aromatic carbocycles. The zero-order valence-corrected chi connectivity index (χ0v) is 13.9. The molecule has 0 N–H and O–H groups in total. The first-order chi connectivity index (χ1) is 10.0. The Labute approximate surface area is 129 Å². The number of rotatable bonds is 8. The molecule has 1 aliphatic carbocycles. The maximum atomic E-state index is 11.3. The highest BCUT2D eigenvalue weighted by Crippen LogP contribution is 2.51. The van der Waals surface area contributed by atoms with Gasteiger partial charge in [0.25, 0.3) is 0 Å². The molecule has 1 heterocycles. The van der Waals surface area contributed by atoms with Gasteiger partial charge in [0.15, 0.2) is 0 Å². The monoisotopic (exact) mass is 297 g/mol. The van der Waals surface area contributed by atoms with Gasteiger partial charge in [-0.2, -0.15) is 0 Å². The van der Waals surface area contributed by atoms with Crippen molar-refractivity contribution in [3.05, 3.63) is 0 Å². The van der Waals surface area contributed by atoms with Crippen molar-refractivity contribution in [3.8, 4) is 0 Å². The Kier molecular flexibility index (Phi) is 6.06. The van der Waals surface area contributed by atoms with Crippen LogP contribution in [0, 0.1) is 11.3 Å². The maximum Gasteiger partial charge on any atom is 0.332 e. The fourth-order valence-electron chi connectivity index (χ4n) is 3.57. The molecule has 0 atom stereocenters. The molecule has 0 radical (unpaired) electrons. The van der Waals surface area contributed by atoms with E-state index in [1.54, 1.807) is 0 Å². The predicted octanol–water partition coefficient (Wildman–Crippen LogP) is 2.86. The standard InChI is InChI=1S/C17H31NO3/c1-4-20-16(19)12-21-15-5-9-18(10-6-15)13-17(7-8-17)11-14(2)3/h14-15H,4-13H2,1-3H3. The van der Waals surface area contributed by atoms with Crippen molar-refractivity contribution in [1.29, 1.82) is 0 Å². The second-order valence-corrected chi connectivity index (χ2v) is 7.19. The van der Waals surface area contributed by atoms with Crippen molar-refractivity contribution < 1.29 is 14.3 Å². The van der Waals surface area contributed by atoms with Crippen LogP contribution < -0.4 is 0 Å². The normalized spacial score (nSPS) is 22.5. The van der Waals surface area contributed by atoms with E-state index < -0.39 is 0 Å². The first-order valence-corrected chi connectivity index (χ1v) is 8.52. The van der Waals surface area contributed by atoms with Gasteiger partial charge >= 0.3 is 5.97 Å². The first-order valence-electron chi connectivity index (χ1n) is 8.52. The molecule has 1 saturated carbocycles. The van der Waals surface area contributed by atoms with E-state index in [9.17, 15) is 4.79 Å². The molecule has 4 heteroatoms. The van der Waals surface area contributed by atoms with Crippen molar-refractivity contribution in [3.63, 3.8) is 0 Å². The lowest BCUT2D eigenvalue weighted by molar-refractivity contribution is -0.151. The number of likely N-dealkylation sites (tertiary alicyclic amines) is 1. The third-order valence-electron chi connectivity index (χ3n) is 4.63. The van der Waals surface area contributed by atoms with Gasteiger partial charge in [-0.1, -0.05) is 13.8 Å². The van der Waals surface area contributed by atoms with Crippen LogP contribution in [-0.2, 0) is 14.3 Å². The second-order valence-electron chi connectivity index (χ2n) is 7.19. The average Bonchev–Trinajstić information content (AvgIpc) is 3.17. The van der Waals surface area contributed by atoms with Gasteiger partial charge in [0.05, 0.1) is 12.7 Å². The predicted molar refractivity (Wildman–Crippen MR) is 83.2 cm³/mol. The quantitative estimate of drug-likeness (QED) is 0.646. The Morgan fingerprint density at radius 2 is 1.95 bits per heavy atom. The van der Waals surface area contributed by atoms with Crippen LogP contribution in [0.25, 0.3) is 0 Å². The molecule has 122 valence electrons. The van der Waals surface area contributed by atoms with Gasteiger partial charge in [-0.05, 0) is 50.4 Å². The van der Waals surface area contributed by atoms with Crippen molar-refractivity contribution in [2.45, 2.75) is 59.0 Å². The number of ether oxygens (including phenoxy) is 2. The number of carbonyl (C=O) groups excluding carboxylic acids is 1. The van der Waals surface area contributed by atoms with E-state index in [1.165, 1.54) is 25.8 Å². The van der Waals surface area contributed by atoms with E-state index in [2.05, 4.69) is 18.7 Å². The summed E-state index contributed by atoms with van der Waals surface area (Å²) >= 11 is 0. The molecule has 0 aromatic rings. The number of carbonyl (C=O) groups is 1. The van der Waals surface area contributed by atoms with Crippen molar-refractivity contribution in [2.75, 3.05) is 32.8 Å². The van der Waals surface area contributed by atoms with E-state index in [4.69, 9.17) is 9.47 Å². The summed E-state index contributed by atoms with van der Waals surface area (Å²) in [6.45, 7) is 10.5. The highest BCUT2D eigenvalue weighted by atomic mass is 16.6. The number of hydrogen-bond donors (Lipinski definition) is 0. The van der Waals surface area contributed by atoms with Gasteiger partial charge in [0.1, 0.15) is 6.61 Å². The van der Waals surface area contributed by atoms with Crippen LogP contribution in [0.3, 0.4) is 0 Å². The van der Waals surface area contributed by atoms with Gasteiger partial charge in [-0.3, -0.25) is 0 Å². The smallest absolute Gasteiger partial charge is 0.332 e. The minimum Gasteiger partial charge on any atom is -0.464 e. The van der Waals surface area contributed by atoms with Crippen LogP contribution in [0.2, 0.25) is 0 Å². The topological polar surface area (TPSA) is 38.8 Å². The molecule has 0 spiro atoms. The van der Waals surface area contributed by atoms with Crippen LogP contribution in [0.5, 0.6) is 0 Å². The summed E-state index contributed by atoms with van der Waals surface area (Å²) < 4.78 is 10.5. The molecule has 21 heavy (non-hydrogen) atoms. The van der Waals surface area contributed by atoms with Crippen LogP contribution in [-0.4, -0.2) is 49.8 Å². The molecule has 1 aliphatic heterocycles.